The lowest BCUT2D eigenvalue weighted by molar-refractivity contribution is 0.0461. The topological polar surface area (TPSA) is 21.3 Å². The second-order valence-corrected chi connectivity index (χ2v) is 5.82. The first-order chi connectivity index (χ1) is 8.63. The van der Waals surface area contributed by atoms with Crippen LogP contribution in [0.15, 0.2) is 28.7 Å². The van der Waals surface area contributed by atoms with Crippen molar-refractivity contribution in [3.05, 3.63) is 34.3 Å². The van der Waals surface area contributed by atoms with E-state index in [2.05, 4.69) is 66.3 Å². The Morgan fingerprint density at radius 2 is 1.89 bits per heavy atom. The molecule has 1 aromatic rings. The van der Waals surface area contributed by atoms with Crippen LogP contribution in [0.2, 0.25) is 0 Å². The first-order valence-electron chi connectivity index (χ1n) is 6.71. The molecule has 1 atom stereocenters. The summed E-state index contributed by atoms with van der Waals surface area (Å²) in [5.41, 5.74) is 1.24. The first kappa shape index (κ1) is 15.7. The molecule has 18 heavy (non-hydrogen) atoms. The van der Waals surface area contributed by atoms with Gasteiger partial charge in [0.15, 0.2) is 0 Å². The number of hydrogen-bond acceptors (Lipinski definition) is 2. The van der Waals surface area contributed by atoms with Crippen LogP contribution in [0.4, 0.5) is 0 Å². The van der Waals surface area contributed by atoms with Crippen LogP contribution in [0.3, 0.4) is 0 Å². The van der Waals surface area contributed by atoms with Gasteiger partial charge in [-0.15, -0.1) is 0 Å². The van der Waals surface area contributed by atoms with Gasteiger partial charge in [-0.1, -0.05) is 48.8 Å². The summed E-state index contributed by atoms with van der Waals surface area (Å²) in [7, 11) is 0. The van der Waals surface area contributed by atoms with Gasteiger partial charge in [0.1, 0.15) is 0 Å². The van der Waals surface area contributed by atoms with Crippen LogP contribution in [0.5, 0.6) is 0 Å². The van der Waals surface area contributed by atoms with Crippen LogP contribution in [0.1, 0.15) is 38.9 Å². The van der Waals surface area contributed by atoms with Gasteiger partial charge in [0.2, 0.25) is 0 Å². The van der Waals surface area contributed by atoms with Crippen LogP contribution < -0.4 is 5.32 Å². The summed E-state index contributed by atoms with van der Waals surface area (Å²) in [6.07, 6.45) is 1.26. The molecule has 0 aliphatic rings. The molecule has 0 aliphatic carbocycles. The summed E-state index contributed by atoms with van der Waals surface area (Å²) in [5, 5.41) is 3.36. The van der Waals surface area contributed by atoms with Crippen molar-refractivity contribution in [3.63, 3.8) is 0 Å². The highest BCUT2D eigenvalue weighted by Gasteiger charge is 2.11. The summed E-state index contributed by atoms with van der Waals surface area (Å²) in [5.74, 6) is 0.690. The van der Waals surface area contributed by atoms with Crippen LogP contribution in [-0.2, 0) is 4.74 Å². The van der Waals surface area contributed by atoms with E-state index >= 15 is 0 Å². The average Bonchev–Trinajstić information content (AvgIpc) is 2.34. The lowest BCUT2D eigenvalue weighted by Crippen LogP contribution is -2.23. The molecule has 0 heterocycles. The normalized spacial score (nSPS) is 12.9. The van der Waals surface area contributed by atoms with Crippen molar-refractivity contribution in [2.45, 2.75) is 33.3 Å². The molecule has 0 saturated heterocycles. The Morgan fingerprint density at radius 1 is 1.22 bits per heavy atom. The Hall–Kier alpha value is -0.380. The monoisotopic (exact) mass is 313 g/mol. The van der Waals surface area contributed by atoms with E-state index in [1.165, 1.54) is 5.56 Å². The zero-order valence-corrected chi connectivity index (χ0v) is 13.2. The number of likely N-dealkylation sites (N-methyl/N-ethyl adjacent to an activating group) is 1. The fraction of sp³-hybridized carbons (Fsp3) is 0.600. The Balaban J connectivity index is 2.56. The van der Waals surface area contributed by atoms with Gasteiger partial charge in [0.05, 0.1) is 6.10 Å². The Morgan fingerprint density at radius 3 is 2.44 bits per heavy atom. The van der Waals surface area contributed by atoms with Gasteiger partial charge in [-0.05, 0) is 36.6 Å². The number of rotatable bonds is 8. The van der Waals surface area contributed by atoms with E-state index in [1.807, 2.05) is 0 Å². The van der Waals surface area contributed by atoms with Crippen molar-refractivity contribution in [2.75, 3.05) is 19.7 Å². The van der Waals surface area contributed by atoms with E-state index in [0.29, 0.717) is 5.92 Å². The predicted molar refractivity (Wildman–Crippen MR) is 80.8 cm³/mol. The molecule has 0 aliphatic heterocycles. The molecule has 0 bridgehead atoms. The van der Waals surface area contributed by atoms with Crippen molar-refractivity contribution in [1.29, 1.82) is 0 Å². The van der Waals surface area contributed by atoms with Gasteiger partial charge in [-0.3, -0.25) is 0 Å². The number of halogens is 1. The van der Waals surface area contributed by atoms with Crippen molar-refractivity contribution in [3.8, 4) is 0 Å². The predicted octanol–water partition coefficient (Wildman–Crippen LogP) is 4.16. The molecule has 0 aromatic heterocycles. The van der Waals surface area contributed by atoms with Crippen LogP contribution >= 0.6 is 15.9 Å². The third kappa shape index (κ3) is 5.98. The molecule has 1 unspecified atom stereocenters. The van der Waals surface area contributed by atoms with Crippen LogP contribution in [-0.4, -0.2) is 19.7 Å². The highest BCUT2D eigenvalue weighted by Crippen LogP contribution is 2.20. The maximum absolute atomic E-state index is 6.00. The largest absolute Gasteiger partial charge is 0.372 e. The van der Waals surface area contributed by atoms with E-state index in [0.717, 1.165) is 30.6 Å². The fourth-order valence-corrected chi connectivity index (χ4v) is 1.94. The van der Waals surface area contributed by atoms with Gasteiger partial charge >= 0.3 is 0 Å². The van der Waals surface area contributed by atoms with Crippen molar-refractivity contribution in [2.24, 2.45) is 5.92 Å². The molecule has 2 nitrogen and oxygen atoms in total. The number of benzene rings is 1. The van der Waals surface area contributed by atoms with E-state index in [4.69, 9.17) is 4.74 Å². The van der Waals surface area contributed by atoms with Gasteiger partial charge in [0, 0.05) is 17.6 Å². The minimum atomic E-state index is 0.150. The second kappa shape index (κ2) is 8.68. The van der Waals surface area contributed by atoms with Gasteiger partial charge in [0.25, 0.3) is 0 Å². The Kier molecular flexibility index (Phi) is 7.56. The summed E-state index contributed by atoms with van der Waals surface area (Å²) >= 11 is 3.46. The van der Waals surface area contributed by atoms with E-state index in [1.54, 1.807) is 0 Å². The number of hydrogen-bond donors (Lipinski definition) is 1. The maximum atomic E-state index is 6.00. The molecule has 0 radical (unpaired) electrons. The SMILES string of the molecule is CCNCC(OCCC(C)C)c1ccc(Br)cc1. The number of ether oxygens (including phenoxy) is 1. The van der Waals surface area contributed by atoms with Crippen molar-refractivity contribution < 1.29 is 4.74 Å². The Labute approximate surface area is 119 Å². The summed E-state index contributed by atoms with van der Waals surface area (Å²) in [4.78, 5) is 0. The summed E-state index contributed by atoms with van der Waals surface area (Å²) in [6.45, 7) is 9.23. The fourth-order valence-electron chi connectivity index (χ4n) is 1.67. The molecule has 1 rings (SSSR count). The van der Waals surface area contributed by atoms with Crippen LogP contribution in [0, 0.1) is 5.92 Å². The Bertz CT molecular complexity index is 324. The summed E-state index contributed by atoms with van der Waals surface area (Å²) in [6, 6.07) is 8.39. The molecular formula is C15H24BrNO. The highest BCUT2D eigenvalue weighted by molar-refractivity contribution is 9.10. The zero-order valence-electron chi connectivity index (χ0n) is 11.6. The third-order valence-electron chi connectivity index (χ3n) is 2.84. The van der Waals surface area contributed by atoms with E-state index < -0.39 is 0 Å². The van der Waals surface area contributed by atoms with Crippen molar-refractivity contribution in [1.82, 2.24) is 5.32 Å². The molecule has 1 N–H and O–H groups in total. The lowest BCUT2D eigenvalue weighted by Gasteiger charge is -2.19. The molecule has 3 heteroatoms. The maximum Gasteiger partial charge on any atom is 0.0949 e. The molecule has 102 valence electrons. The molecular weight excluding hydrogens is 290 g/mol. The minimum absolute atomic E-state index is 0.150. The summed E-state index contributed by atoms with van der Waals surface area (Å²) < 4.78 is 7.11. The zero-order chi connectivity index (χ0) is 13.4. The van der Waals surface area contributed by atoms with Crippen LogP contribution in [0.25, 0.3) is 0 Å². The number of nitrogens with one attached hydrogen (secondary N) is 1. The second-order valence-electron chi connectivity index (χ2n) is 4.90. The molecule has 0 saturated carbocycles. The van der Waals surface area contributed by atoms with E-state index in [9.17, 15) is 0 Å². The lowest BCUT2D eigenvalue weighted by atomic mass is 10.1. The highest BCUT2D eigenvalue weighted by atomic mass is 79.9. The van der Waals surface area contributed by atoms with E-state index in [-0.39, 0.29) is 6.10 Å². The first-order valence-corrected chi connectivity index (χ1v) is 7.50. The van der Waals surface area contributed by atoms with Gasteiger partial charge < -0.3 is 10.1 Å². The molecule has 0 amide bonds. The molecule has 0 spiro atoms. The van der Waals surface area contributed by atoms with Gasteiger partial charge in [-0.2, -0.15) is 0 Å². The molecule has 0 fully saturated rings. The van der Waals surface area contributed by atoms with Crippen molar-refractivity contribution >= 4 is 15.9 Å². The third-order valence-corrected chi connectivity index (χ3v) is 3.36. The standard InChI is InChI=1S/C15H24BrNO/c1-4-17-11-15(18-10-9-12(2)3)13-5-7-14(16)8-6-13/h5-8,12,15,17H,4,9-11H2,1-3H3. The quantitative estimate of drug-likeness (QED) is 0.778. The smallest absolute Gasteiger partial charge is 0.0949 e. The molecule has 1 aromatic carbocycles. The average molecular weight is 314 g/mol. The van der Waals surface area contributed by atoms with Gasteiger partial charge in [-0.25, -0.2) is 0 Å². The minimum Gasteiger partial charge on any atom is -0.372 e.